The number of furan rings is 1. The second kappa shape index (κ2) is 4.41. The number of hydrogen-bond acceptors (Lipinski definition) is 3. The average molecular weight is 244 g/mol. The van der Waals surface area contributed by atoms with E-state index in [1.165, 1.54) is 10.9 Å². The molecule has 3 nitrogen and oxygen atoms in total. The molecule has 0 amide bonds. The van der Waals surface area contributed by atoms with Gasteiger partial charge in [-0.15, -0.1) is 0 Å². The van der Waals surface area contributed by atoms with Crippen LogP contribution in [0.3, 0.4) is 0 Å². The van der Waals surface area contributed by atoms with Crippen molar-refractivity contribution in [2.24, 2.45) is 5.73 Å². The minimum absolute atomic E-state index is 0.172. The molecule has 1 fully saturated rings. The van der Waals surface area contributed by atoms with Gasteiger partial charge in [-0.05, 0) is 44.6 Å². The van der Waals surface area contributed by atoms with Crippen molar-refractivity contribution in [3.63, 3.8) is 0 Å². The summed E-state index contributed by atoms with van der Waals surface area (Å²) in [6.45, 7) is 4.12. The Bertz CT molecular complexity index is 561. The third-order valence-corrected chi connectivity index (χ3v) is 3.92. The molecule has 1 saturated heterocycles. The third-order valence-electron chi connectivity index (χ3n) is 3.92. The zero-order chi connectivity index (χ0) is 12.7. The molecule has 3 rings (SSSR count). The van der Waals surface area contributed by atoms with E-state index in [9.17, 15) is 0 Å². The SMILES string of the molecule is Cc1ccc2cc(C3CCN(C)CC3N)oc2c1. The van der Waals surface area contributed by atoms with Gasteiger partial charge in [0.15, 0.2) is 0 Å². The van der Waals surface area contributed by atoms with E-state index in [2.05, 4.69) is 43.1 Å². The molecule has 3 heteroatoms. The molecule has 1 aromatic carbocycles. The Kier molecular flexibility index (Phi) is 2.88. The molecule has 0 saturated carbocycles. The van der Waals surface area contributed by atoms with Crippen molar-refractivity contribution in [2.45, 2.75) is 25.3 Å². The van der Waals surface area contributed by atoms with Crippen molar-refractivity contribution in [3.05, 3.63) is 35.6 Å². The number of likely N-dealkylation sites (tertiary alicyclic amines) is 1. The Morgan fingerprint density at radius 1 is 1.33 bits per heavy atom. The van der Waals surface area contributed by atoms with Crippen LogP contribution in [0.5, 0.6) is 0 Å². The molecule has 2 N–H and O–H groups in total. The van der Waals surface area contributed by atoms with Gasteiger partial charge in [0.25, 0.3) is 0 Å². The molecule has 96 valence electrons. The smallest absolute Gasteiger partial charge is 0.134 e. The molecule has 0 aliphatic carbocycles. The van der Waals surface area contributed by atoms with Gasteiger partial charge in [-0.1, -0.05) is 12.1 Å². The third kappa shape index (κ3) is 2.04. The lowest BCUT2D eigenvalue weighted by Crippen LogP contribution is -2.45. The number of benzene rings is 1. The van der Waals surface area contributed by atoms with Crippen LogP contribution in [0.2, 0.25) is 0 Å². The van der Waals surface area contributed by atoms with Gasteiger partial charge >= 0.3 is 0 Å². The van der Waals surface area contributed by atoms with Gasteiger partial charge in [-0.3, -0.25) is 0 Å². The minimum Gasteiger partial charge on any atom is -0.461 e. The summed E-state index contributed by atoms with van der Waals surface area (Å²) < 4.78 is 6.00. The minimum atomic E-state index is 0.172. The van der Waals surface area contributed by atoms with Gasteiger partial charge in [-0.25, -0.2) is 0 Å². The van der Waals surface area contributed by atoms with Crippen LogP contribution in [0.25, 0.3) is 11.0 Å². The highest BCUT2D eigenvalue weighted by atomic mass is 16.3. The maximum Gasteiger partial charge on any atom is 0.134 e. The molecule has 2 aromatic rings. The second-order valence-electron chi connectivity index (χ2n) is 5.51. The van der Waals surface area contributed by atoms with Crippen LogP contribution in [0, 0.1) is 6.92 Å². The van der Waals surface area contributed by atoms with Crippen molar-refractivity contribution in [1.29, 1.82) is 0 Å². The number of fused-ring (bicyclic) bond motifs is 1. The number of aryl methyl sites for hydroxylation is 1. The number of nitrogens with zero attached hydrogens (tertiary/aromatic N) is 1. The van der Waals surface area contributed by atoms with Crippen LogP contribution in [-0.2, 0) is 0 Å². The molecule has 1 aliphatic heterocycles. The Morgan fingerprint density at radius 3 is 2.94 bits per heavy atom. The summed E-state index contributed by atoms with van der Waals surface area (Å²) in [5.41, 5.74) is 8.47. The fourth-order valence-electron chi connectivity index (χ4n) is 2.85. The summed E-state index contributed by atoms with van der Waals surface area (Å²) in [7, 11) is 2.12. The molecule has 0 bridgehead atoms. The quantitative estimate of drug-likeness (QED) is 0.838. The van der Waals surface area contributed by atoms with Gasteiger partial charge < -0.3 is 15.1 Å². The first kappa shape index (κ1) is 11.8. The zero-order valence-corrected chi connectivity index (χ0v) is 11.0. The second-order valence-corrected chi connectivity index (χ2v) is 5.51. The molecule has 0 radical (unpaired) electrons. The predicted molar refractivity (Wildman–Crippen MR) is 73.8 cm³/mol. The summed E-state index contributed by atoms with van der Waals surface area (Å²) in [4.78, 5) is 2.29. The Balaban J connectivity index is 1.94. The number of likely N-dealkylation sites (N-methyl/N-ethyl adjacent to an activating group) is 1. The molecule has 1 aliphatic rings. The molecule has 18 heavy (non-hydrogen) atoms. The topological polar surface area (TPSA) is 42.4 Å². The Hall–Kier alpha value is -1.32. The van der Waals surface area contributed by atoms with E-state index in [1.807, 2.05) is 0 Å². The Morgan fingerprint density at radius 2 is 2.17 bits per heavy atom. The standard InChI is InChI=1S/C15H20N2O/c1-10-3-4-11-8-15(18-14(11)7-10)12-5-6-17(2)9-13(12)16/h3-4,7-8,12-13H,5-6,9,16H2,1-2H3. The van der Waals surface area contributed by atoms with E-state index in [4.69, 9.17) is 10.2 Å². The number of hydrogen-bond donors (Lipinski definition) is 1. The van der Waals surface area contributed by atoms with Crippen molar-refractivity contribution in [1.82, 2.24) is 4.90 Å². The molecular formula is C15H20N2O. The van der Waals surface area contributed by atoms with Crippen molar-refractivity contribution in [3.8, 4) is 0 Å². The van der Waals surface area contributed by atoms with Crippen LogP contribution in [0.4, 0.5) is 0 Å². The van der Waals surface area contributed by atoms with Gasteiger partial charge in [0.05, 0.1) is 0 Å². The fourth-order valence-corrected chi connectivity index (χ4v) is 2.85. The molecule has 2 atom stereocenters. The maximum atomic E-state index is 6.25. The summed E-state index contributed by atoms with van der Waals surface area (Å²) in [6, 6.07) is 8.67. The first-order chi connectivity index (χ1) is 8.63. The maximum absolute atomic E-state index is 6.25. The van der Waals surface area contributed by atoms with Crippen LogP contribution in [0.15, 0.2) is 28.7 Å². The number of rotatable bonds is 1. The highest BCUT2D eigenvalue weighted by Gasteiger charge is 2.28. The van der Waals surface area contributed by atoms with Crippen LogP contribution in [0.1, 0.15) is 23.7 Å². The van der Waals surface area contributed by atoms with Gasteiger partial charge in [-0.2, -0.15) is 0 Å². The summed E-state index contributed by atoms with van der Waals surface area (Å²) in [6.07, 6.45) is 1.08. The monoisotopic (exact) mass is 244 g/mol. The van der Waals surface area contributed by atoms with E-state index in [-0.39, 0.29) is 6.04 Å². The average Bonchev–Trinajstić information content (AvgIpc) is 2.71. The van der Waals surface area contributed by atoms with Crippen molar-refractivity contribution < 1.29 is 4.42 Å². The lowest BCUT2D eigenvalue weighted by Gasteiger charge is -2.33. The van der Waals surface area contributed by atoms with Gasteiger partial charge in [0, 0.05) is 23.9 Å². The Labute approximate surface area is 108 Å². The lowest BCUT2D eigenvalue weighted by molar-refractivity contribution is 0.216. The molecule has 1 aromatic heterocycles. The highest BCUT2D eigenvalue weighted by Crippen LogP contribution is 2.31. The lowest BCUT2D eigenvalue weighted by atomic mass is 9.90. The molecule has 0 spiro atoms. The highest BCUT2D eigenvalue weighted by molar-refractivity contribution is 5.78. The largest absolute Gasteiger partial charge is 0.461 e. The van der Waals surface area contributed by atoms with Crippen LogP contribution >= 0.6 is 0 Å². The van der Waals surface area contributed by atoms with E-state index in [0.717, 1.165) is 30.9 Å². The molecule has 2 unspecified atom stereocenters. The number of nitrogens with two attached hydrogens (primary N) is 1. The van der Waals surface area contributed by atoms with Crippen molar-refractivity contribution in [2.75, 3.05) is 20.1 Å². The van der Waals surface area contributed by atoms with E-state index >= 15 is 0 Å². The van der Waals surface area contributed by atoms with E-state index < -0.39 is 0 Å². The summed E-state index contributed by atoms with van der Waals surface area (Å²) in [5, 5.41) is 1.18. The summed E-state index contributed by atoms with van der Waals surface area (Å²) >= 11 is 0. The van der Waals surface area contributed by atoms with Crippen LogP contribution < -0.4 is 5.73 Å². The normalized spacial score (nSPS) is 25.7. The summed E-state index contributed by atoms with van der Waals surface area (Å²) in [5.74, 6) is 1.41. The zero-order valence-electron chi connectivity index (χ0n) is 11.0. The van der Waals surface area contributed by atoms with Crippen molar-refractivity contribution >= 4 is 11.0 Å². The predicted octanol–water partition coefficient (Wildman–Crippen LogP) is 2.49. The van der Waals surface area contributed by atoms with Gasteiger partial charge in [0.2, 0.25) is 0 Å². The fraction of sp³-hybridized carbons (Fsp3) is 0.467. The van der Waals surface area contributed by atoms with E-state index in [1.54, 1.807) is 0 Å². The first-order valence-electron chi connectivity index (χ1n) is 6.58. The van der Waals surface area contributed by atoms with E-state index in [0.29, 0.717) is 5.92 Å². The van der Waals surface area contributed by atoms with Gasteiger partial charge in [0.1, 0.15) is 11.3 Å². The first-order valence-corrected chi connectivity index (χ1v) is 6.58. The molecule has 2 heterocycles. The molecular weight excluding hydrogens is 224 g/mol. The van der Waals surface area contributed by atoms with Crippen LogP contribution in [-0.4, -0.2) is 31.1 Å². The number of piperidine rings is 1.